The molecule has 0 aromatic rings. The maximum atomic E-state index is 5.79. The van der Waals surface area contributed by atoms with Crippen LogP contribution in [0.4, 0.5) is 0 Å². The van der Waals surface area contributed by atoms with E-state index in [9.17, 15) is 0 Å². The molecule has 1 saturated carbocycles. The van der Waals surface area contributed by atoms with E-state index in [1.54, 1.807) is 0 Å². The van der Waals surface area contributed by atoms with Crippen LogP contribution in [0.5, 0.6) is 0 Å². The molecule has 2 saturated heterocycles. The molecule has 128 valence electrons. The summed E-state index contributed by atoms with van der Waals surface area (Å²) in [5, 5.41) is 3.51. The fraction of sp³-hybridized carbons (Fsp3) is 0.941. The molecule has 0 radical (unpaired) electrons. The lowest BCUT2D eigenvalue weighted by molar-refractivity contribution is -0.0370. The van der Waals surface area contributed by atoms with Crippen molar-refractivity contribution < 1.29 is 4.74 Å². The number of nitrogens with zero attached hydrogens (tertiary/aromatic N) is 2. The summed E-state index contributed by atoms with van der Waals surface area (Å²) in [6.07, 6.45) is 7.81. The Labute approximate surface area is 152 Å². The molecule has 2 heterocycles. The molecule has 3 aliphatic rings. The maximum absolute atomic E-state index is 5.79. The van der Waals surface area contributed by atoms with Crippen LogP contribution in [-0.4, -0.2) is 50.3 Å². The van der Waals surface area contributed by atoms with Crippen molar-refractivity contribution in [3.63, 3.8) is 0 Å². The molecule has 5 heteroatoms. The van der Waals surface area contributed by atoms with E-state index in [0.29, 0.717) is 10.8 Å². The highest BCUT2D eigenvalue weighted by Crippen LogP contribution is 2.45. The van der Waals surface area contributed by atoms with E-state index in [-0.39, 0.29) is 24.0 Å². The normalized spacial score (nSPS) is 30.8. The van der Waals surface area contributed by atoms with Crippen LogP contribution >= 0.6 is 24.0 Å². The Hall–Kier alpha value is -0.0400. The SMILES string of the molecule is CCNC(=NCC1(C)CC1)N1CCCC2(CCCOC2)C1.I. The summed E-state index contributed by atoms with van der Waals surface area (Å²) in [6, 6.07) is 0. The number of piperidine rings is 1. The summed E-state index contributed by atoms with van der Waals surface area (Å²) in [7, 11) is 0. The van der Waals surface area contributed by atoms with Crippen molar-refractivity contribution in [3.8, 4) is 0 Å². The first-order chi connectivity index (χ1) is 10.1. The first kappa shape index (κ1) is 18.3. The zero-order valence-corrected chi connectivity index (χ0v) is 16.5. The van der Waals surface area contributed by atoms with Crippen molar-refractivity contribution in [2.75, 3.05) is 39.4 Å². The molecule has 1 aliphatic carbocycles. The number of hydrogen-bond acceptors (Lipinski definition) is 2. The summed E-state index contributed by atoms with van der Waals surface area (Å²) in [5.74, 6) is 1.13. The molecule has 1 atom stereocenters. The van der Waals surface area contributed by atoms with Crippen molar-refractivity contribution in [1.29, 1.82) is 0 Å². The second-order valence-corrected chi connectivity index (χ2v) is 7.66. The van der Waals surface area contributed by atoms with E-state index in [0.717, 1.165) is 45.4 Å². The van der Waals surface area contributed by atoms with Crippen LogP contribution < -0.4 is 5.32 Å². The highest BCUT2D eigenvalue weighted by atomic mass is 127. The molecule has 1 spiro atoms. The van der Waals surface area contributed by atoms with Crippen LogP contribution in [0.25, 0.3) is 0 Å². The van der Waals surface area contributed by atoms with Gasteiger partial charge in [-0.25, -0.2) is 0 Å². The number of rotatable bonds is 3. The van der Waals surface area contributed by atoms with Gasteiger partial charge in [0.2, 0.25) is 0 Å². The Morgan fingerprint density at radius 3 is 2.64 bits per heavy atom. The largest absolute Gasteiger partial charge is 0.381 e. The van der Waals surface area contributed by atoms with E-state index in [1.807, 2.05) is 0 Å². The highest BCUT2D eigenvalue weighted by molar-refractivity contribution is 14.0. The average molecular weight is 421 g/mol. The number of likely N-dealkylation sites (tertiary alicyclic amines) is 1. The maximum Gasteiger partial charge on any atom is 0.193 e. The average Bonchev–Trinajstić information content (AvgIpc) is 3.22. The topological polar surface area (TPSA) is 36.9 Å². The van der Waals surface area contributed by atoms with Crippen molar-refractivity contribution in [3.05, 3.63) is 0 Å². The van der Waals surface area contributed by atoms with E-state index >= 15 is 0 Å². The Kier molecular flexibility index (Phi) is 6.39. The lowest BCUT2D eigenvalue weighted by atomic mass is 9.76. The Balaban J connectivity index is 0.00000176. The van der Waals surface area contributed by atoms with Crippen LogP contribution in [0.15, 0.2) is 4.99 Å². The molecule has 0 bridgehead atoms. The standard InChI is InChI=1S/C17H31N3O.HI/c1-3-18-15(19-12-16(2)8-9-16)20-10-4-6-17(13-20)7-5-11-21-14-17;/h3-14H2,1-2H3,(H,18,19);1H. The summed E-state index contributed by atoms with van der Waals surface area (Å²) < 4.78 is 5.79. The van der Waals surface area contributed by atoms with Gasteiger partial charge in [-0.1, -0.05) is 6.92 Å². The minimum absolute atomic E-state index is 0. The molecule has 3 fully saturated rings. The summed E-state index contributed by atoms with van der Waals surface area (Å²) in [4.78, 5) is 7.43. The van der Waals surface area contributed by atoms with Crippen molar-refractivity contribution in [2.24, 2.45) is 15.8 Å². The molecule has 4 nitrogen and oxygen atoms in total. The van der Waals surface area contributed by atoms with Crippen molar-refractivity contribution in [2.45, 2.75) is 52.4 Å². The lowest BCUT2D eigenvalue weighted by Gasteiger charge is -2.45. The zero-order chi connectivity index (χ0) is 14.8. The molecule has 2 aliphatic heterocycles. The third kappa shape index (κ3) is 4.49. The predicted octanol–water partition coefficient (Wildman–Crippen LogP) is 3.26. The van der Waals surface area contributed by atoms with Crippen LogP contribution in [0.1, 0.15) is 52.4 Å². The number of aliphatic imine (C=N–C) groups is 1. The van der Waals surface area contributed by atoms with E-state index in [1.165, 1.54) is 38.5 Å². The van der Waals surface area contributed by atoms with Gasteiger partial charge in [0.05, 0.1) is 6.61 Å². The van der Waals surface area contributed by atoms with Crippen molar-refractivity contribution >= 4 is 29.9 Å². The number of nitrogens with one attached hydrogen (secondary N) is 1. The Bertz CT molecular complexity index is 384. The quantitative estimate of drug-likeness (QED) is 0.432. The molecule has 1 N–H and O–H groups in total. The fourth-order valence-corrected chi connectivity index (χ4v) is 3.68. The minimum atomic E-state index is 0. The second-order valence-electron chi connectivity index (χ2n) is 7.66. The van der Waals surface area contributed by atoms with Gasteiger partial charge in [-0.3, -0.25) is 4.99 Å². The van der Waals surface area contributed by atoms with Crippen molar-refractivity contribution in [1.82, 2.24) is 10.2 Å². The van der Waals surface area contributed by atoms with Crippen LogP contribution in [0.3, 0.4) is 0 Å². The van der Waals surface area contributed by atoms with Gasteiger partial charge in [-0.2, -0.15) is 0 Å². The summed E-state index contributed by atoms with van der Waals surface area (Å²) >= 11 is 0. The van der Waals surface area contributed by atoms with Crippen LogP contribution in [0.2, 0.25) is 0 Å². The lowest BCUT2D eigenvalue weighted by Crippen LogP contribution is -2.53. The molecule has 0 aromatic carbocycles. The van der Waals surface area contributed by atoms with E-state index in [4.69, 9.17) is 9.73 Å². The first-order valence-electron chi connectivity index (χ1n) is 8.76. The van der Waals surface area contributed by atoms with Gasteiger partial charge in [0.15, 0.2) is 5.96 Å². The van der Waals surface area contributed by atoms with Gasteiger partial charge < -0.3 is 15.0 Å². The van der Waals surface area contributed by atoms with Gasteiger partial charge in [-0.15, -0.1) is 24.0 Å². The van der Waals surface area contributed by atoms with Crippen LogP contribution in [0, 0.1) is 10.8 Å². The molecular weight excluding hydrogens is 389 g/mol. The van der Waals surface area contributed by atoms with Gasteiger partial charge in [0.1, 0.15) is 0 Å². The molecule has 3 rings (SSSR count). The smallest absolute Gasteiger partial charge is 0.193 e. The number of guanidine groups is 1. The Morgan fingerprint density at radius 2 is 2.00 bits per heavy atom. The number of ether oxygens (including phenoxy) is 1. The Morgan fingerprint density at radius 1 is 1.23 bits per heavy atom. The second kappa shape index (κ2) is 7.69. The summed E-state index contributed by atoms with van der Waals surface area (Å²) in [5.41, 5.74) is 0.873. The number of halogens is 1. The highest BCUT2D eigenvalue weighted by Gasteiger charge is 2.39. The molecular formula is C17H32IN3O. The van der Waals surface area contributed by atoms with E-state index in [2.05, 4.69) is 24.1 Å². The third-order valence-electron chi connectivity index (χ3n) is 5.41. The van der Waals surface area contributed by atoms with Crippen LogP contribution in [-0.2, 0) is 4.74 Å². The first-order valence-corrected chi connectivity index (χ1v) is 8.76. The van der Waals surface area contributed by atoms with Gasteiger partial charge in [0, 0.05) is 38.2 Å². The van der Waals surface area contributed by atoms with E-state index < -0.39 is 0 Å². The molecule has 0 aromatic heterocycles. The predicted molar refractivity (Wildman–Crippen MR) is 102 cm³/mol. The monoisotopic (exact) mass is 421 g/mol. The van der Waals surface area contributed by atoms with Gasteiger partial charge in [-0.05, 0) is 50.9 Å². The van der Waals surface area contributed by atoms with Gasteiger partial charge in [0.25, 0.3) is 0 Å². The fourth-order valence-electron chi connectivity index (χ4n) is 3.68. The minimum Gasteiger partial charge on any atom is -0.381 e. The molecule has 0 amide bonds. The number of hydrogen-bond donors (Lipinski definition) is 1. The third-order valence-corrected chi connectivity index (χ3v) is 5.41. The molecule has 22 heavy (non-hydrogen) atoms. The summed E-state index contributed by atoms with van der Waals surface area (Å²) in [6.45, 7) is 10.6. The molecule has 1 unspecified atom stereocenters. The van der Waals surface area contributed by atoms with Gasteiger partial charge >= 0.3 is 0 Å². The zero-order valence-electron chi connectivity index (χ0n) is 14.2.